The second-order valence-corrected chi connectivity index (χ2v) is 10.9. The number of aromatic nitrogens is 2. The Bertz CT molecular complexity index is 1170. The standard InChI is InChI=1S/C30H40N4O2/c1-33(2)23-14-10-20(11-15-23)27-28(21-12-16-24(17-13-21)34(3)4)32-29(31-27)22-8-6-19(7-9-22)25-18-26(25)30(35)36-5/h6,8,10-11,14-16,21,25-26,30,35H,7,9,12-13,17-18H2,1-5H3,(H,31,32). The Morgan fingerprint density at radius 3 is 2.39 bits per heavy atom. The summed E-state index contributed by atoms with van der Waals surface area (Å²) in [5, 5.41) is 10.00. The van der Waals surface area contributed by atoms with Crippen LogP contribution in [-0.4, -0.2) is 61.6 Å². The van der Waals surface area contributed by atoms with Crippen LogP contribution in [0.1, 0.15) is 56.0 Å². The van der Waals surface area contributed by atoms with Gasteiger partial charge in [0.15, 0.2) is 6.29 Å². The number of aliphatic hydroxyl groups excluding tert-OH is 1. The van der Waals surface area contributed by atoms with Crippen molar-refractivity contribution >= 4 is 11.3 Å². The molecule has 6 heteroatoms. The normalized spacial score (nSPS) is 24.5. The van der Waals surface area contributed by atoms with E-state index in [9.17, 15) is 5.11 Å². The van der Waals surface area contributed by atoms with Gasteiger partial charge in [-0.25, -0.2) is 4.98 Å². The van der Waals surface area contributed by atoms with Crippen molar-refractivity contribution in [3.05, 3.63) is 65.3 Å². The fourth-order valence-electron chi connectivity index (χ4n) is 5.75. The number of aromatic amines is 1. The van der Waals surface area contributed by atoms with E-state index < -0.39 is 6.29 Å². The Labute approximate surface area is 215 Å². The van der Waals surface area contributed by atoms with Crippen LogP contribution in [0.4, 0.5) is 5.69 Å². The number of hydrogen-bond acceptors (Lipinski definition) is 5. The zero-order valence-electron chi connectivity index (χ0n) is 22.3. The quantitative estimate of drug-likeness (QED) is 0.476. The molecular formula is C30H40N4O2. The summed E-state index contributed by atoms with van der Waals surface area (Å²) < 4.78 is 5.13. The van der Waals surface area contributed by atoms with Crippen LogP contribution >= 0.6 is 0 Å². The van der Waals surface area contributed by atoms with Crippen LogP contribution in [0.25, 0.3) is 16.8 Å². The second-order valence-electron chi connectivity index (χ2n) is 10.9. The van der Waals surface area contributed by atoms with Crippen LogP contribution in [-0.2, 0) is 4.74 Å². The van der Waals surface area contributed by atoms with Crippen LogP contribution in [0.5, 0.6) is 0 Å². The summed E-state index contributed by atoms with van der Waals surface area (Å²) in [4.78, 5) is 13.3. The Hall–Kier alpha value is -2.83. The number of methoxy groups -OCH3 is 1. The van der Waals surface area contributed by atoms with Gasteiger partial charge in [0.25, 0.3) is 0 Å². The van der Waals surface area contributed by atoms with Crippen molar-refractivity contribution in [1.29, 1.82) is 0 Å². The molecule has 1 aromatic heterocycles. The number of imidazole rings is 1. The number of aliphatic hydroxyl groups is 1. The Balaban J connectivity index is 1.43. The monoisotopic (exact) mass is 488 g/mol. The van der Waals surface area contributed by atoms with Crippen molar-refractivity contribution in [1.82, 2.24) is 14.9 Å². The van der Waals surface area contributed by atoms with Crippen LogP contribution in [0.15, 0.2) is 53.8 Å². The van der Waals surface area contributed by atoms with Crippen molar-refractivity contribution in [2.45, 2.75) is 50.7 Å². The molecule has 0 radical (unpaired) electrons. The van der Waals surface area contributed by atoms with E-state index in [0.29, 0.717) is 11.8 Å². The number of H-pyrrole nitrogens is 1. The summed E-state index contributed by atoms with van der Waals surface area (Å²) in [6, 6.07) is 8.75. The first-order valence-electron chi connectivity index (χ1n) is 13.2. The first-order chi connectivity index (χ1) is 17.4. The van der Waals surface area contributed by atoms with E-state index in [4.69, 9.17) is 9.72 Å². The van der Waals surface area contributed by atoms with E-state index in [-0.39, 0.29) is 5.92 Å². The van der Waals surface area contributed by atoms with E-state index in [2.05, 4.69) is 85.5 Å². The lowest BCUT2D eigenvalue weighted by Crippen LogP contribution is -2.16. The van der Waals surface area contributed by atoms with Gasteiger partial charge in [-0.2, -0.15) is 0 Å². The van der Waals surface area contributed by atoms with Gasteiger partial charge in [-0.15, -0.1) is 0 Å². The molecule has 0 bridgehead atoms. The molecule has 0 aliphatic heterocycles. The highest BCUT2D eigenvalue weighted by molar-refractivity contribution is 5.71. The van der Waals surface area contributed by atoms with Crippen LogP contribution < -0.4 is 4.90 Å². The summed E-state index contributed by atoms with van der Waals surface area (Å²) in [6.07, 6.45) is 12.5. The van der Waals surface area contributed by atoms with Crippen LogP contribution in [0.2, 0.25) is 0 Å². The molecule has 1 heterocycles. The van der Waals surface area contributed by atoms with Gasteiger partial charge < -0.3 is 24.6 Å². The number of nitrogens with zero attached hydrogens (tertiary/aromatic N) is 3. The summed E-state index contributed by atoms with van der Waals surface area (Å²) in [5.41, 5.74) is 8.83. The number of allylic oxidation sites excluding steroid dienone is 6. The fourth-order valence-corrected chi connectivity index (χ4v) is 5.75. The number of rotatable bonds is 8. The zero-order chi connectivity index (χ0) is 25.4. The minimum absolute atomic E-state index is 0.245. The minimum Gasteiger partial charge on any atom is -0.381 e. The number of hydrogen-bond donors (Lipinski definition) is 2. The molecule has 1 saturated carbocycles. The molecular weight excluding hydrogens is 448 g/mol. The predicted molar refractivity (Wildman–Crippen MR) is 147 cm³/mol. The predicted octanol–water partition coefficient (Wildman–Crippen LogP) is 5.56. The van der Waals surface area contributed by atoms with Gasteiger partial charge in [0.2, 0.25) is 0 Å². The Kier molecular flexibility index (Phi) is 7.09. The lowest BCUT2D eigenvalue weighted by molar-refractivity contribution is -0.0906. The highest BCUT2D eigenvalue weighted by Gasteiger charge is 2.44. The SMILES string of the molecule is COC(O)C1CC1C1=CC=C(c2nc(-c3ccc(N(C)C)cc3)c(C3CC=C(N(C)C)CC3)[nH]2)CC1. The minimum atomic E-state index is -0.645. The summed E-state index contributed by atoms with van der Waals surface area (Å²) in [6.45, 7) is 0. The van der Waals surface area contributed by atoms with E-state index in [1.54, 1.807) is 7.11 Å². The van der Waals surface area contributed by atoms with Gasteiger partial charge in [-0.05, 0) is 62.1 Å². The van der Waals surface area contributed by atoms with Gasteiger partial charge in [-0.3, -0.25) is 0 Å². The Morgan fingerprint density at radius 2 is 1.81 bits per heavy atom. The van der Waals surface area contributed by atoms with E-state index >= 15 is 0 Å². The fraction of sp³-hybridized carbons (Fsp3) is 0.500. The number of ether oxygens (including phenoxy) is 1. The molecule has 2 N–H and O–H groups in total. The first kappa shape index (κ1) is 24.8. The second kappa shape index (κ2) is 10.3. The number of anilines is 1. The van der Waals surface area contributed by atoms with Gasteiger partial charge in [0.1, 0.15) is 5.82 Å². The molecule has 3 aliphatic rings. The summed E-state index contributed by atoms with van der Waals surface area (Å²) >= 11 is 0. The van der Waals surface area contributed by atoms with E-state index in [1.165, 1.54) is 33.8 Å². The Morgan fingerprint density at radius 1 is 1.03 bits per heavy atom. The highest BCUT2D eigenvalue weighted by atomic mass is 16.6. The maximum atomic E-state index is 10.00. The molecule has 36 heavy (non-hydrogen) atoms. The molecule has 0 saturated heterocycles. The van der Waals surface area contributed by atoms with Crippen molar-refractivity contribution in [2.75, 3.05) is 40.2 Å². The van der Waals surface area contributed by atoms with Crippen LogP contribution in [0, 0.1) is 11.8 Å². The van der Waals surface area contributed by atoms with Gasteiger partial charge in [0.05, 0.1) is 5.69 Å². The lowest BCUT2D eigenvalue weighted by Gasteiger charge is -2.26. The molecule has 4 unspecified atom stereocenters. The summed E-state index contributed by atoms with van der Waals surface area (Å²) in [5.74, 6) is 2.14. The molecule has 1 fully saturated rings. The molecule has 1 aromatic carbocycles. The number of benzene rings is 1. The molecule has 0 spiro atoms. The third-order valence-corrected chi connectivity index (χ3v) is 8.17. The molecule has 6 nitrogen and oxygen atoms in total. The van der Waals surface area contributed by atoms with Crippen molar-refractivity contribution < 1.29 is 9.84 Å². The molecule has 192 valence electrons. The third kappa shape index (κ3) is 5.02. The average Bonchev–Trinajstić information content (AvgIpc) is 3.58. The smallest absolute Gasteiger partial charge is 0.157 e. The van der Waals surface area contributed by atoms with Gasteiger partial charge in [0, 0.05) is 69.8 Å². The van der Waals surface area contributed by atoms with Crippen LogP contribution in [0.3, 0.4) is 0 Å². The van der Waals surface area contributed by atoms with E-state index in [0.717, 1.165) is 50.0 Å². The largest absolute Gasteiger partial charge is 0.381 e. The van der Waals surface area contributed by atoms with Crippen molar-refractivity contribution in [3.8, 4) is 11.3 Å². The third-order valence-electron chi connectivity index (χ3n) is 8.17. The lowest BCUT2D eigenvalue weighted by atomic mass is 9.87. The van der Waals surface area contributed by atoms with Crippen molar-refractivity contribution in [3.63, 3.8) is 0 Å². The molecule has 0 amide bonds. The molecule has 5 rings (SSSR count). The summed E-state index contributed by atoms with van der Waals surface area (Å²) in [7, 11) is 9.99. The van der Waals surface area contributed by atoms with Gasteiger partial charge in [-0.1, -0.05) is 35.9 Å². The molecule has 3 aliphatic carbocycles. The van der Waals surface area contributed by atoms with Crippen molar-refractivity contribution in [2.24, 2.45) is 11.8 Å². The highest BCUT2D eigenvalue weighted by Crippen LogP contribution is 2.49. The first-order valence-corrected chi connectivity index (χ1v) is 13.2. The number of nitrogens with one attached hydrogen (secondary N) is 1. The maximum absolute atomic E-state index is 10.00. The zero-order valence-corrected chi connectivity index (χ0v) is 22.3. The molecule has 4 atom stereocenters. The topological polar surface area (TPSA) is 64.6 Å². The van der Waals surface area contributed by atoms with E-state index in [1.807, 2.05) is 0 Å². The average molecular weight is 489 g/mol. The maximum Gasteiger partial charge on any atom is 0.157 e. The van der Waals surface area contributed by atoms with Gasteiger partial charge >= 0.3 is 0 Å². The molecule has 2 aromatic rings.